The zero-order chi connectivity index (χ0) is 13.2. The Bertz CT molecular complexity index is 418. The van der Waals surface area contributed by atoms with Crippen LogP contribution in [0.4, 0.5) is 0 Å². The van der Waals surface area contributed by atoms with E-state index >= 15 is 0 Å². The molecule has 0 saturated carbocycles. The van der Waals surface area contributed by atoms with Gasteiger partial charge in [0.15, 0.2) is 11.5 Å². The topological polar surface area (TPSA) is 30.5 Å². The van der Waals surface area contributed by atoms with Crippen LogP contribution in [0.5, 0.6) is 11.5 Å². The Kier molecular flexibility index (Phi) is 6.75. The summed E-state index contributed by atoms with van der Waals surface area (Å²) in [6, 6.07) is 5.99. The quantitative estimate of drug-likeness (QED) is 0.593. The molecule has 98 valence electrons. The van der Waals surface area contributed by atoms with Crippen molar-refractivity contribution in [2.45, 2.75) is 26.8 Å². The molecule has 0 fully saturated rings. The lowest BCUT2D eigenvalue weighted by Crippen LogP contribution is -2.11. The molecule has 0 saturated heterocycles. The fourth-order valence-corrected chi connectivity index (χ4v) is 1.55. The molecule has 0 aromatic heterocycles. The minimum Gasteiger partial charge on any atom is -0.493 e. The summed E-state index contributed by atoms with van der Waals surface area (Å²) in [5.74, 6) is 7.37. The van der Waals surface area contributed by atoms with E-state index in [0.717, 1.165) is 31.0 Å². The second kappa shape index (κ2) is 8.43. The Morgan fingerprint density at radius 2 is 2.11 bits per heavy atom. The third kappa shape index (κ3) is 4.68. The van der Waals surface area contributed by atoms with Gasteiger partial charge in [-0.25, -0.2) is 0 Å². The van der Waals surface area contributed by atoms with Crippen LogP contribution in [0.25, 0.3) is 0 Å². The first-order valence-electron chi connectivity index (χ1n) is 6.21. The molecule has 0 aliphatic heterocycles. The van der Waals surface area contributed by atoms with Crippen molar-refractivity contribution in [3.63, 3.8) is 0 Å². The van der Waals surface area contributed by atoms with Crippen molar-refractivity contribution in [3.05, 3.63) is 23.8 Å². The highest BCUT2D eigenvalue weighted by molar-refractivity contribution is 5.43. The molecule has 0 amide bonds. The van der Waals surface area contributed by atoms with Crippen LogP contribution in [0, 0.1) is 11.8 Å². The number of methoxy groups -OCH3 is 1. The van der Waals surface area contributed by atoms with E-state index in [0.29, 0.717) is 6.61 Å². The molecule has 1 aromatic rings. The van der Waals surface area contributed by atoms with Crippen LogP contribution in [0.1, 0.15) is 25.8 Å². The predicted molar refractivity (Wildman–Crippen MR) is 73.9 cm³/mol. The van der Waals surface area contributed by atoms with Crippen molar-refractivity contribution in [1.82, 2.24) is 5.32 Å². The number of hydrogen-bond acceptors (Lipinski definition) is 3. The Morgan fingerprint density at radius 1 is 1.28 bits per heavy atom. The Hall–Kier alpha value is -1.66. The highest BCUT2D eigenvalue weighted by Crippen LogP contribution is 2.28. The predicted octanol–water partition coefficient (Wildman–Crippen LogP) is 2.60. The van der Waals surface area contributed by atoms with Gasteiger partial charge in [0.1, 0.15) is 0 Å². The lowest BCUT2D eigenvalue weighted by molar-refractivity contribution is 0.301. The third-order valence-electron chi connectivity index (χ3n) is 2.47. The third-order valence-corrected chi connectivity index (χ3v) is 2.47. The molecule has 1 N–H and O–H groups in total. The SMILES string of the molecule is CC#CCCOc1cc(CNCC)ccc1OC. The molecule has 3 heteroatoms. The largest absolute Gasteiger partial charge is 0.493 e. The van der Waals surface area contributed by atoms with Gasteiger partial charge < -0.3 is 14.8 Å². The van der Waals surface area contributed by atoms with Gasteiger partial charge in [0.05, 0.1) is 13.7 Å². The van der Waals surface area contributed by atoms with Crippen LogP contribution in [0.2, 0.25) is 0 Å². The maximum absolute atomic E-state index is 5.70. The molecule has 0 bridgehead atoms. The summed E-state index contributed by atoms with van der Waals surface area (Å²) in [4.78, 5) is 0. The standard InChI is InChI=1S/C15H21NO2/c1-4-6-7-10-18-15-11-13(12-16-5-2)8-9-14(15)17-3/h8-9,11,16H,5,7,10,12H2,1-3H3. The summed E-state index contributed by atoms with van der Waals surface area (Å²) < 4.78 is 11.0. The van der Waals surface area contributed by atoms with Crippen molar-refractivity contribution in [3.8, 4) is 23.3 Å². The molecule has 18 heavy (non-hydrogen) atoms. The molecule has 1 rings (SSSR count). The van der Waals surface area contributed by atoms with E-state index in [1.165, 1.54) is 5.56 Å². The van der Waals surface area contributed by atoms with Crippen molar-refractivity contribution < 1.29 is 9.47 Å². The summed E-state index contributed by atoms with van der Waals surface area (Å²) in [7, 11) is 1.65. The van der Waals surface area contributed by atoms with Gasteiger partial charge in [-0.15, -0.1) is 11.8 Å². The van der Waals surface area contributed by atoms with Crippen LogP contribution in [-0.2, 0) is 6.54 Å². The van der Waals surface area contributed by atoms with Gasteiger partial charge >= 0.3 is 0 Å². The van der Waals surface area contributed by atoms with Gasteiger partial charge in [0.2, 0.25) is 0 Å². The molecule has 0 spiro atoms. The van der Waals surface area contributed by atoms with E-state index in [4.69, 9.17) is 9.47 Å². The molecule has 0 atom stereocenters. The monoisotopic (exact) mass is 247 g/mol. The number of nitrogens with one attached hydrogen (secondary N) is 1. The Balaban J connectivity index is 2.67. The van der Waals surface area contributed by atoms with Gasteiger partial charge in [0.25, 0.3) is 0 Å². The fraction of sp³-hybridized carbons (Fsp3) is 0.467. The van der Waals surface area contributed by atoms with E-state index in [-0.39, 0.29) is 0 Å². The van der Waals surface area contributed by atoms with Gasteiger partial charge in [-0.1, -0.05) is 13.0 Å². The average Bonchev–Trinajstić information content (AvgIpc) is 2.41. The molecule has 0 unspecified atom stereocenters. The number of ether oxygens (including phenoxy) is 2. The first kappa shape index (κ1) is 14.4. The first-order valence-corrected chi connectivity index (χ1v) is 6.21. The number of benzene rings is 1. The van der Waals surface area contributed by atoms with Crippen LogP contribution in [0.3, 0.4) is 0 Å². The van der Waals surface area contributed by atoms with E-state index in [1.54, 1.807) is 7.11 Å². The minimum absolute atomic E-state index is 0.585. The summed E-state index contributed by atoms with van der Waals surface area (Å²) in [6.45, 7) is 6.30. The van der Waals surface area contributed by atoms with Gasteiger partial charge in [-0.3, -0.25) is 0 Å². The lowest BCUT2D eigenvalue weighted by atomic mass is 10.2. The summed E-state index contributed by atoms with van der Waals surface area (Å²) in [5.41, 5.74) is 1.19. The summed E-state index contributed by atoms with van der Waals surface area (Å²) >= 11 is 0. The Morgan fingerprint density at radius 3 is 2.78 bits per heavy atom. The van der Waals surface area contributed by atoms with Crippen molar-refractivity contribution in [2.75, 3.05) is 20.3 Å². The van der Waals surface area contributed by atoms with Crippen LogP contribution in [-0.4, -0.2) is 20.3 Å². The highest BCUT2D eigenvalue weighted by atomic mass is 16.5. The first-order chi connectivity index (χ1) is 8.81. The van der Waals surface area contributed by atoms with Gasteiger partial charge in [-0.05, 0) is 31.2 Å². The highest BCUT2D eigenvalue weighted by Gasteiger charge is 2.05. The van der Waals surface area contributed by atoms with Crippen LogP contribution < -0.4 is 14.8 Å². The normalized spacial score (nSPS) is 9.50. The second-order valence-electron chi connectivity index (χ2n) is 3.79. The van der Waals surface area contributed by atoms with E-state index in [1.807, 2.05) is 25.1 Å². The molecule has 3 nitrogen and oxygen atoms in total. The smallest absolute Gasteiger partial charge is 0.161 e. The van der Waals surface area contributed by atoms with Crippen molar-refractivity contribution in [2.24, 2.45) is 0 Å². The maximum atomic E-state index is 5.70. The molecule has 0 heterocycles. The molecular formula is C15H21NO2. The summed E-state index contributed by atoms with van der Waals surface area (Å²) in [5, 5.41) is 3.29. The molecule has 0 radical (unpaired) electrons. The number of rotatable bonds is 7. The van der Waals surface area contributed by atoms with Crippen molar-refractivity contribution in [1.29, 1.82) is 0 Å². The number of hydrogen-bond donors (Lipinski definition) is 1. The minimum atomic E-state index is 0.585. The zero-order valence-electron chi connectivity index (χ0n) is 11.4. The van der Waals surface area contributed by atoms with E-state index in [2.05, 4.69) is 24.1 Å². The molecule has 0 aliphatic rings. The molecular weight excluding hydrogens is 226 g/mol. The van der Waals surface area contributed by atoms with Crippen LogP contribution in [0.15, 0.2) is 18.2 Å². The average molecular weight is 247 g/mol. The van der Waals surface area contributed by atoms with Crippen molar-refractivity contribution >= 4 is 0 Å². The second-order valence-corrected chi connectivity index (χ2v) is 3.79. The Labute approximate surface area is 109 Å². The van der Waals surface area contributed by atoms with Gasteiger partial charge in [-0.2, -0.15) is 0 Å². The fourth-order valence-electron chi connectivity index (χ4n) is 1.55. The lowest BCUT2D eigenvalue weighted by Gasteiger charge is -2.11. The van der Waals surface area contributed by atoms with Gasteiger partial charge in [0, 0.05) is 13.0 Å². The molecule has 1 aromatic carbocycles. The van der Waals surface area contributed by atoms with E-state index < -0.39 is 0 Å². The van der Waals surface area contributed by atoms with Crippen LogP contribution >= 0.6 is 0 Å². The van der Waals surface area contributed by atoms with E-state index in [9.17, 15) is 0 Å². The molecule has 0 aliphatic carbocycles. The summed E-state index contributed by atoms with van der Waals surface area (Å²) in [6.07, 6.45) is 0.733. The maximum Gasteiger partial charge on any atom is 0.161 e. The zero-order valence-corrected chi connectivity index (χ0v) is 11.4.